The highest BCUT2D eigenvalue weighted by atomic mass is 16.5. The zero-order chi connectivity index (χ0) is 12.0. The van der Waals surface area contributed by atoms with Crippen molar-refractivity contribution < 1.29 is 4.74 Å². The van der Waals surface area contributed by atoms with Crippen LogP contribution in [0.1, 0.15) is 31.4 Å². The zero-order valence-electron chi connectivity index (χ0n) is 10.3. The first kappa shape index (κ1) is 11.0. The van der Waals surface area contributed by atoms with Gasteiger partial charge >= 0.3 is 0 Å². The molecular weight excluding hydrogens is 198 g/mol. The van der Waals surface area contributed by atoms with Crippen molar-refractivity contribution in [3.63, 3.8) is 0 Å². The molecule has 0 N–H and O–H groups in total. The third-order valence-corrected chi connectivity index (χ3v) is 3.82. The van der Waals surface area contributed by atoms with Gasteiger partial charge in [0, 0.05) is 0 Å². The molecular formula is C14H17NO. The van der Waals surface area contributed by atoms with Gasteiger partial charge < -0.3 is 4.74 Å². The Kier molecular flexibility index (Phi) is 2.24. The molecule has 84 valence electrons. The highest BCUT2D eigenvalue weighted by Crippen LogP contribution is 2.64. The summed E-state index contributed by atoms with van der Waals surface area (Å²) in [6.07, 6.45) is 0.947. The molecule has 1 saturated carbocycles. The Morgan fingerprint density at radius 2 is 2.00 bits per heavy atom. The minimum atomic E-state index is -0.288. The number of ether oxygens (including phenoxy) is 1. The molecule has 2 heteroatoms. The van der Waals surface area contributed by atoms with E-state index in [0.29, 0.717) is 0 Å². The van der Waals surface area contributed by atoms with Crippen LogP contribution in [0.5, 0.6) is 5.75 Å². The van der Waals surface area contributed by atoms with Gasteiger partial charge in [0.05, 0.1) is 18.6 Å². The predicted molar refractivity (Wildman–Crippen MR) is 63.4 cm³/mol. The van der Waals surface area contributed by atoms with Gasteiger partial charge in [0.2, 0.25) is 0 Å². The monoisotopic (exact) mass is 215 g/mol. The minimum Gasteiger partial charge on any atom is -0.496 e. The summed E-state index contributed by atoms with van der Waals surface area (Å²) in [5.41, 5.74) is 2.03. The van der Waals surface area contributed by atoms with E-state index in [-0.39, 0.29) is 10.8 Å². The summed E-state index contributed by atoms with van der Waals surface area (Å²) >= 11 is 0. The molecule has 1 atom stereocenters. The number of aryl methyl sites for hydroxylation is 1. The molecule has 0 saturated heterocycles. The number of hydrogen-bond acceptors (Lipinski definition) is 2. The van der Waals surface area contributed by atoms with Gasteiger partial charge in [-0.2, -0.15) is 5.26 Å². The average Bonchev–Trinajstić information content (AvgIpc) is 2.82. The molecule has 0 radical (unpaired) electrons. The van der Waals surface area contributed by atoms with Gasteiger partial charge in [0.1, 0.15) is 5.75 Å². The molecule has 2 rings (SSSR count). The van der Waals surface area contributed by atoms with Crippen LogP contribution in [-0.4, -0.2) is 7.11 Å². The lowest BCUT2D eigenvalue weighted by molar-refractivity contribution is 0.411. The van der Waals surface area contributed by atoms with Crippen LogP contribution in [0.2, 0.25) is 0 Å². The molecule has 1 unspecified atom stereocenters. The summed E-state index contributed by atoms with van der Waals surface area (Å²) in [5.74, 6) is 0.885. The van der Waals surface area contributed by atoms with Gasteiger partial charge in [0.15, 0.2) is 0 Å². The Bertz CT molecular complexity index is 470. The second-order valence-electron chi connectivity index (χ2n) is 5.26. The van der Waals surface area contributed by atoms with Crippen molar-refractivity contribution in [2.45, 2.75) is 32.6 Å². The molecule has 16 heavy (non-hydrogen) atoms. The smallest absolute Gasteiger partial charge is 0.121 e. The molecule has 2 nitrogen and oxygen atoms in total. The minimum absolute atomic E-state index is 0.1000. The molecule has 1 aromatic carbocycles. The highest BCUT2D eigenvalue weighted by molar-refractivity contribution is 5.48. The summed E-state index contributed by atoms with van der Waals surface area (Å²) in [7, 11) is 1.67. The van der Waals surface area contributed by atoms with Crippen molar-refractivity contribution in [1.29, 1.82) is 5.26 Å². The van der Waals surface area contributed by atoms with E-state index in [4.69, 9.17) is 4.74 Å². The molecule has 1 fully saturated rings. The Hall–Kier alpha value is -1.49. The largest absolute Gasteiger partial charge is 0.496 e. The van der Waals surface area contributed by atoms with Gasteiger partial charge in [-0.15, -0.1) is 0 Å². The van der Waals surface area contributed by atoms with Crippen LogP contribution >= 0.6 is 0 Å². The van der Waals surface area contributed by atoms with Gasteiger partial charge in [-0.1, -0.05) is 26.0 Å². The van der Waals surface area contributed by atoms with Crippen molar-refractivity contribution in [2.75, 3.05) is 7.11 Å². The normalized spacial score (nSPS) is 25.9. The van der Waals surface area contributed by atoms with E-state index < -0.39 is 0 Å². The molecule has 0 spiro atoms. The van der Waals surface area contributed by atoms with Crippen LogP contribution in [0.3, 0.4) is 0 Å². The molecule has 0 amide bonds. The summed E-state index contributed by atoms with van der Waals surface area (Å²) in [6.45, 7) is 6.31. The van der Waals surface area contributed by atoms with Crippen LogP contribution in [0.25, 0.3) is 0 Å². The van der Waals surface area contributed by atoms with Crippen LogP contribution in [0.15, 0.2) is 18.2 Å². The molecule has 0 bridgehead atoms. The molecule has 0 aliphatic heterocycles. The third kappa shape index (κ3) is 1.31. The zero-order valence-corrected chi connectivity index (χ0v) is 10.3. The molecule has 0 aromatic heterocycles. The average molecular weight is 215 g/mol. The van der Waals surface area contributed by atoms with Crippen molar-refractivity contribution >= 4 is 0 Å². The quantitative estimate of drug-likeness (QED) is 0.759. The fraction of sp³-hybridized carbons (Fsp3) is 0.500. The lowest BCUT2D eigenvalue weighted by Crippen LogP contribution is -2.11. The van der Waals surface area contributed by atoms with E-state index >= 15 is 0 Å². The summed E-state index contributed by atoms with van der Waals surface area (Å²) < 4.78 is 5.24. The van der Waals surface area contributed by atoms with Crippen molar-refractivity contribution in [2.24, 2.45) is 5.41 Å². The number of nitrogens with zero attached hydrogens (tertiary/aromatic N) is 1. The second-order valence-corrected chi connectivity index (χ2v) is 5.26. The van der Waals surface area contributed by atoms with Gasteiger partial charge in [-0.3, -0.25) is 0 Å². The Balaban J connectivity index is 2.44. The predicted octanol–water partition coefficient (Wildman–Crippen LogP) is 3.19. The molecule has 1 aliphatic carbocycles. The first-order valence-corrected chi connectivity index (χ1v) is 5.53. The fourth-order valence-corrected chi connectivity index (χ4v) is 2.51. The number of hydrogen-bond donors (Lipinski definition) is 0. The molecule has 0 heterocycles. The van der Waals surface area contributed by atoms with Crippen molar-refractivity contribution in [3.05, 3.63) is 29.3 Å². The summed E-state index contributed by atoms with van der Waals surface area (Å²) in [6, 6.07) is 8.54. The number of rotatable bonds is 2. The Morgan fingerprint density at radius 3 is 2.38 bits per heavy atom. The summed E-state index contributed by atoms with van der Waals surface area (Å²) in [5, 5.41) is 9.38. The molecule has 1 aliphatic rings. The maximum Gasteiger partial charge on any atom is 0.121 e. The standard InChI is InChI=1S/C14H17NO/c1-10-7-11(5-6-12(10)16-4)14(9-15)8-13(14,2)3/h5-7H,8H2,1-4H3. The number of benzene rings is 1. The van der Waals surface area contributed by atoms with Crippen LogP contribution in [0, 0.1) is 23.7 Å². The molecule has 1 aromatic rings. The highest BCUT2D eigenvalue weighted by Gasteiger charge is 2.63. The number of nitriles is 1. The van der Waals surface area contributed by atoms with Crippen molar-refractivity contribution in [3.8, 4) is 11.8 Å². The van der Waals surface area contributed by atoms with Crippen LogP contribution in [0.4, 0.5) is 0 Å². The fourth-order valence-electron chi connectivity index (χ4n) is 2.51. The maximum absolute atomic E-state index is 9.38. The van der Waals surface area contributed by atoms with E-state index in [1.54, 1.807) is 7.11 Å². The Morgan fingerprint density at radius 1 is 1.38 bits per heavy atom. The lowest BCUT2D eigenvalue weighted by atomic mass is 9.88. The lowest BCUT2D eigenvalue weighted by Gasteiger charge is -2.14. The van der Waals surface area contributed by atoms with Crippen LogP contribution in [-0.2, 0) is 5.41 Å². The van der Waals surface area contributed by atoms with Gasteiger partial charge in [-0.25, -0.2) is 0 Å². The van der Waals surface area contributed by atoms with Crippen molar-refractivity contribution in [1.82, 2.24) is 0 Å². The Labute approximate surface area is 96.9 Å². The van der Waals surface area contributed by atoms with E-state index in [9.17, 15) is 5.26 Å². The van der Waals surface area contributed by atoms with E-state index in [1.807, 2.05) is 19.1 Å². The van der Waals surface area contributed by atoms with E-state index in [2.05, 4.69) is 26.0 Å². The maximum atomic E-state index is 9.38. The van der Waals surface area contributed by atoms with Crippen LogP contribution < -0.4 is 4.74 Å². The SMILES string of the molecule is COc1ccc(C2(C#N)CC2(C)C)cc1C. The van der Waals surface area contributed by atoms with Gasteiger partial charge in [0.25, 0.3) is 0 Å². The van der Waals surface area contributed by atoms with Gasteiger partial charge in [-0.05, 0) is 36.0 Å². The van der Waals surface area contributed by atoms with E-state index in [1.165, 1.54) is 0 Å². The second kappa shape index (κ2) is 3.25. The first-order valence-electron chi connectivity index (χ1n) is 5.53. The number of methoxy groups -OCH3 is 1. The topological polar surface area (TPSA) is 33.0 Å². The summed E-state index contributed by atoms with van der Waals surface area (Å²) in [4.78, 5) is 0. The third-order valence-electron chi connectivity index (χ3n) is 3.82. The van der Waals surface area contributed by atoms with E-state index in [0.717, 1.165) is 23.3 Å². The first-order chi connectivity index (χ1) is 7.47.